The van der Waals surface area contributed by atoms with Gasteiger partial charge in [-0.05, 0) is 35.4 Å². The topological polar surface area (TPSA) is 134 Å². The van der Waals surface area contributed by atoms with E-state index in [0.29, 0.717) is 35.0 Å². The van der Waals surface area contributed by atoms with E-state index in [0.717, 1.165) is 16.9 Å². The van der Waals surface area contributed by atoms with Crippen molar-refractivity contribution in [2.75, 3.05) is 13.7 Å². The fraction of sp³-hybridized carbons (Fsp3) is 0.167. The van der Waals surface area contributed by atoms with E-state index in [9.17, 15) is 9.59 Å². The molecule has 35 heavy (non-hydrogen) atoms. The van der Waals surface area contributed by atoms with Crippen molar-refractivity contribution in [2.24, 2.45) is 0 Å². The van der Waals surface area contributed by atoms with Crippen LogP contribution in [0.25, 0.3) is 22.7 Å². The lowest BCUT2D eigenvalue weighted by atomic mass is 10.2. The van der Waals surface area contributed by atoms with Crippen molar-refractivity contribution < 1.29 is 19.4 Å². The van der Waals surface area contributed by atoms with Crippen LogP contribution in [0.4, 0.5) is 0 Å². The zero-order chi connectivity index (χ0) is 24.4. The Hall–Kier alpha value is -4.80. The maximum atomic E-state index is 12.7. The van der Waals surface area contributed by atoms with Gasteiger partial charge in [-0.25, -0.2) is 24.5 Å². The number of methoxy groups -OCH3 is 1. The molecule has 2 aliphatic heterocycles. The number of carboxylic acids is 1. The molecule has 1 N–H and O–H groups in total. The number of nitrogens with zero attached hydrogens (tertiary/aromatic N) is 6. The molecule has 0 atom stereocenters. The molecule has 1 aromatic heterocycles. The Morgan fingerprint density at radius 1 is 0.943 bits per heavy atom. The lowest BCUT2D eigenvalue weighted by molar-refractivity contribution is -0.139. The highest BCUT2D eigenvalue weighted by Crippen LogP contribution is 2.24. The number of imidazole rings is 2. The van der Waals surface area contributed by atoms with Gasteiger partial charge >= 0.3 is 11.7 Å². The van der Waals surface area contributed by atoms with Gasteiger partial charge in [-0.2, -0.15) is 4.98 Å². The molecule has 11 nitrogen and oxygen atoms in total. The molecular weight excluding hydrogens is 452 g/mol. The number of carboxylic acid groups (broad SMARTS) is 1. The number of rotatable bonds is 8. The normalized spacial score (nSPS) is 11.1. The molecule has 0 radical (unpaired) electrons. The molecule has 2 aliphatic rings. The van der Waals surface area contributed by atoms with E-state index in [1.807, 2.05) is 28.8 Å². The molecular formula is C24H20N6O5. The molecule has 11 heteroatoms. The van der Waals surface area contributed by atoms with Crippen LogP contribution in [0.2, 0.25) is 0 Å². The van der Waals surface area contributed by atoms with E-state index >= 15 is 0 Å². The van der Waals surface area contributed by atoms with E-state index in [1.54, 1.807) is 37.7 Å². The summed E-state index contributed by atoms with van der Waals surface area (Å²) in [6, 6.07) is 14.5. The Kier molecular flexibility index (Phi) is 5.80. The Morgan fingerprint density at radius 3 is 2.31 bits per heavy atom. The highest BCUT2D eigenvalue weighted by molar-refractivity contribution is 5.85. The number of hydrogen-bond donors (Lipinski definition) is 1. The SMILES string of the molecule is COc1ccc(Cn2cnc3c4nc(=O)n(Cc5ccc(OCC(=O)O)cc5)c-4ncnc32)cc1. The molecule has 3 heterocycles. The second-order valence-corrected chi connectivity index (χ2v) is 7.75. The van der Waals surface area contributed by atoms with Gasteiger partial charge in [-0.1, -0.05) is 24.3 Å². The monoisotopic (exact) mass is 472 g/mol. The fourth-order valence-electron chi connectivity index (χ4n) is 3.74. The van der Waals surface area contributed by atoms with Crippen LogP contribution in [-0.4, -0.2) is 53.9 Å². The number of hydrogen-bond acceptors (Lipinski definition) is 8. The molecule has 2 aromatic carbocycles. The van der Waals surface area contributed by atoms with E-state index in [4.69, 9.17) is 14.6 Å². The van der Waals surface area contributed by atoms with Crippen LogP contribution in [0.15, 0.2) is 66.0 Å². The van der Waals surface area contributed by atoms with Crippen LogP contribution >= 0.6 is 0 Å². The Bertz CT molecular complexity index is 1530. The summed E-state index contributed by atoms with van der Waals surface area (Å²) in [5, 5.41) is 8.73. The molecule has 0 aliphatic carbocycles. The second-order valence-electron chi connectivity index (χ2n) is 7.75. The predicted octanol–water partition coefficient (Wildman–Crippen LogP) is 2.06. The summed E-state index contributed by atoms with van der Waals surface area (Å²) in [5.74, 6) is 0.515. The lowest BCUT2D eigenvalue weighted by Gasteiger charge is -2.06. The maximum absolute atomic E-state index is 12.7. The molecule has 0 saturated heterocycles. The Labute approximate surface area is 198 Å². The van der Waals surface area contributed by atoms with Crippen molar-refractivity contribution >= 4 is 17.1 Å². The molecule has 0 unspecified atom stereocenters. The van der Waals surface area contributed by atoms with E-state index in [-0.39, 0.29) is 6.54 Å². The molecule has 0 saturated carbocycles. The van der Waals surface area contributed by atoms with Crippen LogP contribution in [-0.2, 0) is 17.9 Å². The lowest BCUT2D eigenvalue weighted by Crippen LogP contribution is -2.17. The molecule has 0 spiro atoms. The quantitative estimate of drug-likeness (QED) is 0.360. The maximum Gasteiger partial charge on any atom is 0.350 e. The molecule has 0 fully saturated rings. The summed E-state index contributed by atoms with van der Waals surface area (Å²) in [4.78, 5) is 40.9. The van der Waals surface area contributed by atoms with Crippen LogP contribution in [0.5, 0.6) is 11.5 Å². The van der Waals surface area contributed by atoms with Gasteiger partial charge in [-0.15, -0.1) is 0 Å². The fourth-order valence-corrected chi connectivity index (χ4v) is 3.74. The van der Waals surface area contributed by atoms with Crippen LogP contribution in [0.3, 0.4) is 0 Å². The average molecular weight is 472 g/mol. The zero-order valence-corrected chi connectivity index (χ0v) is 18.7. The first kappa shape index (κ1) is 22.0. The third-order valence-corrected chi connectivity index (χ3v) is 5.44. The summed E-state index contributed by atoms with van der Waals surface area (Å²) < 4.78 is 13.7. The standard InChI is InChI=1S/C24H20N6O5/c1-34-17-6-2-15(3-7-17)10-29-14-27-20-21-23(26-13-25-22(20)29)30(24(33)28-21)11-16-4-8-18(9-5-16)35-12-19(31)32/h2-9,13-14H,10-12H2,1H3,(H,31,32). The Balaban J connectivity index is 1.43. The smallest absolute Gasteiger partial charge is 0.350 e. The summed E-state index contributed by atoms with van der Waals surface area (Å²) in [6.07, 6.45) is 3.07. The predicted molar refractivity (Wildman–Crippen MR) is 125 cm³/mol. The van der Waals surface area contributed by atoms with Crippen molar-refractivity contribution in [3.63, 3.8) is 0 Å². The highest BCUT2D eigenvalue weighted by Gasteiger charge is 2.21. The van der Waals surface area contributed by atoms with E-state index in [1.165, 1.54) is 10.9 Å². The third kappa shape index (κ3) is 4.51. The largest absolute Gasteiger partial charge is 0.497 e. The van der Waals surface area contributed by atoms with Crippen molar-refractivity contribution in [3.05, 3.63) is 82.8 Å². The first-order valence-electron chi connectivity index (χ1n) is 10.6. The molecule has 0 bridgehead atoms. The number of benzene rings is 2. The summed E-state index contributed by atoms with van der Waals surface area (Å²) >= 11 is 0. The summed E-state index contributed by atoms with van der Waals surface area (Å²) in [5.41, 5.74) is 2.81. The highest BCUT2D eigenvalue weighted by atomic mass is 16.5. The van der Waals surface area contributed by atoms with Gasteiger partial charge in [0.15, 0.2) is 18.1 Å². The van der Waals surface area contributed by atoms with Crippen molar-refractivity contribution in [1.82, 2.24) is 29.1 Å². The van der Waals surface area contributed by atoms with E-state index in [2.05, 4.69) is 19.9 Å². The first-order chi connectivity index (χ1) is 17.0. The van der Waals surface area contributed by atoms with E-state index < -0.39 is 18.3 Å². The minimum Gasteiger partial charge on any atom is -0.497 e. The van der Waals surface area contributed by atoms with Crippen LogP contribution in [0, 0.1) is 0 Å². The molecule has 0 amide bonds. The van der Waals surface area contributed by atoms with Crippen LogP contribution < -0.4 is 15.2 Å². The van der Waals surface area contributed by atoms with Gasteiger partial charge in [0.1, 0.15) is 29.0 Å². The van der Waals surface area contributed by atoms with Gasteiger partial charge in [0.25, 0.3) is 0 Å². The van der Waals surface area contributed by atoms with Crippen molar-refractivity contribution in [1.29, 1.82) is 0 Å². The minimum atomic E-state index is -1.06. The van der Waals surface area contributed by atoms with Gasteiger partial charge < -0.3 is 19.1 Å². The van der Waals surface area contributed by atoms with Gasteiger partial charge in [0.2, 0.25) is 0 Å². The molecule has 5 rings (SSSR count). The van der Waals surface area contributed by atoms with Crippen molar-refractivity contribution in [3.8, 4) is 23.0 Å². The van der Waals surface area contributed by atoms with Gasteiger partial charge in [0.05, 0.1) is 26.5 Å². The molecule has 176 valence electrons. The molecule has 3 aromatic rings. The number of aromatic nitrogens is 6. The number of fused-ring (bicyclic) bond motifs is 3. The number of ether oxygens (including phenoxy) is 2. The summed E-state index contributed by atoms with van der Waals surface area (Å²) in [7, 11) is 1.62. The second kappa shape index (κ2) is 9.21. The van der Waals surface area contributed by atoms with Gasteiger partial charge in [0, 0.05) is 0 Å². The number of aliphatic carboxylic acids is 1. The zero-order valence-electron chi connectivity index (χ0n) is 18.7. The summed E-state index contributed by atoms with van der Waals surface area (Å²) in [6.45, 7) is 0.324. The first-order valence-corrected chi connectivity index (χ1v) is 10.6. The minimum absolute atomic E-state index is 0.222. The van der Waals surface area contributed by atoms with Crippen LogP contribution in [0.1, 0.15) is 11.1 Å². The number of carbonyl (C=O) groups is 1. The van der Waals surface area contributed by atoms with Gasteiger partial charge in [-0.3, -0.25) is 4.57 Å². The Morgan fingerprint density at radius 2 is 1.63 bits per heavy atom. The average Bonchev–Trinajstić information content (AvgIpc) is 3.33. The van der Waals surface area contributed by atoms with Crippen molar-refractivity contribution in [2.45, 2.75) is 13.1 Å². The third-order valence-electron chi connectivity index (χ3n) is 5.44.